The van der Waals surface area contributed by atoms with E-state index in [0.29, 0.717) is 0 Å². The number of rotatable bonds is 5. The van der Waals surface area contributed by atoms with Gasteiger partial charge in [0.25, 0.3) is 0 Å². The molecule has 2 N–H and O–H groups in total. The molecule has 0 spiro atoms. The molecule has 11 heteroatoms. The second-order valence-corrected chi connectivity index (χ2v) is 9.29. The molecule has 6 rings (SSSR count). The number of aromatic nitrogens is 6. The lowest BCUT2D eigenvalue weighted by atomic mass is 9.95. The number of hydrazine groups is 1. The van der Waals surface area contributed by atoms with E-state index in [1.165, 1.54) is 11.3 Å². The van der Waals surface area contributed by atoms with E-state index in [2.05, 4.69) is 52.2 Å². The maximum atomic E-state index is 4.65. The average Bonchev–Trinajstić information content (AvgIpc) is 3.67. The van der Waals surface area contributed by atoms with Crippen molar-refractivity contribution in [3.05, 3.63) is 92.7 Å². The summed E-state index contributed by atoms with van der Waals surface area (Å²) in [5, 5.41) is 24.7. The zero-order chi connectivity index (χ0) is 21.3. The maximum Gasteiger partial charge on any atom is 0.150 e. The number of anilines is 1. The molecule has 0 saturated heterocycles. The summed E-state index contributed by atoms with van der Waals surface area (Å²) in [6.45, 7) is 0. The highest BCUT2D eigenvalue weighted by atomic mass is 32.1. The van der Waals surface area contributed by atoms with Crippen LogP contribution < -0.4 is 10.4 Å². The topological polar surface area (TPSA) is 95.5 Å². The summed E-state index contributed by atoms with van der Waals surface area (Å²) in [5.41, 5.74) is 10.6. The Kier molecular flexibility index (Phi) is 4.83. The Morgan fingerprint density at radius 2 is 1.81 bits per heavy atom. The first-order valence-electron chi connectivity index (χ1n) is 9.57. The summed E-state index contributed by atoms with van der Waals surface area (Å²) in [6, 6.07) is 11.9. The number of thiophene rings is 1. The first-order valence-corrected chi connectivity index (χ1v) is 12.2. The van der Waals surface area contributed by atoms with Gasteiger partial charge >= 0.3 is 0 Å². The summed E-state index contributed by atoms with van der Waals surface area (Å²) in [4.78, 5) is 9.29. The van der Waals surface area contributed by atoms with Crippen LogP contribution in [0.3, 0.4) is 0 Å². The standard InChI is InChI=1S/C21H14N8S3/c1-2-7-22-14(4-1)18-17(20-27-25-12-32-20)16(13-6-8-24-26-13)19(21-23-9-11-31-21)29(28-18)15-5-3-10-30-15/h1-12,28H,(H,24,26). The molecule has 0 fully saturated rings. The average molecular weight is 475 g/mol. The molecule has 0 saturated carbocycles. The minimum atomic E-state index is 0.780. The molecule has 32 heavy (non-hydrogen) atoms. The summed E-state index contributed by atoms with van der Waals surface area (Å²) >= 11 is 4.69. The predicted octanol–water partition coefficient (Wildman–Crippen LogP) is 4.64. The van der Waals surface area contributed by atoms with Crippen LogP contribution in [-0.4, -0.2) is 30.4 Å². The van der Waals surface area contributed by atoms with Crippen LogP contribution >= 0.6 is 34.0 Å². The minimum absolute atomic E-state index is 0.780. The van der Waals surface area contributed by atoms with E-state index in [-0.39, 0.29) is 0 Å². The highest BCUT2D eigenvalue weighted by Gasteiger charge is 2.35. The number of aromatic amines is 1. The van der Waals surface area contributed by atoms with Crippen LogP contribution in [0, 0.1) is 0 Å². The Hall–Kier alpha value is -3.67. The van der Waals surface area contributed by atoms with Gasteiger partial charge in [0.15, 0.2) is 5.01 Å². The molecule has 5 aromatic heterocycles. The SMILES string of the molecule is c1ccc(C2=C(c3nncs3)C(c3ccn[nH]3)=C(c3nccs3)N(c3cccs3)N2)nc1. The number of nitrogens with one attached hydrogen (secondary N) is 2. The molecule has 6 heterocycles. The second-order valence-electron chi connectivity index (χ2n) is 6.64. The van der Waals surface area contributed by atoms with Crippen molar-refractivity contribution in [2.45, 2.75) is 0 Å². The third-order valence-electron chi connectivity index (χ3n) is 4.81. The minimum Gasteiger partial charge on any atom is -0.290 e. The van der Waals surface area contributed by atoms with Crippen molar-refractivity contribution < 1.29 is 0 Å². The molecule has 156 valence electrons. The van der Waals surface area contributed by atoms with Gasteiger partial charge < -0.3 is 0 Å². The van der Waals surface area contributed by atoms with Crippen molar-refractivity contribution in [3.63, 3.8) is 0 Å². The number of hydrogen-bond acceptors (Lipinski definition) is 10. The summed E-state index contributed by atoms with van der Waals surface area (Å²) in [6.07, 6.45) is 5.34. The van der Waals surface area contributed by atoms with E-state index < -0.39 is 0 Å². The van der Waals surface area contributed by atoms with Gasteiger partial charge in [0.2, 0.25) is 0 Å². The first kappa shape index (κ1) is 19.0. The number of thiazole rings is 1. The number of H-pyrrole nitrogens is 1. The lowest BCUT2D eigenvalue weighted by Gasteiger charge is -2.35. The van der Waals surface area contributed by atoms with Gasteiger partial charge in [-0.25, -0.2) is 9.99 Å². The molecule has 8 nitrogen and oxygen atoms in total. The van der Waals surface area contributed by atoms with Crippen molar-refractivity contribution in [2.75, 3.05) is 5.01 Å². The molecule has 0 radical (unpaired) electrons. The van der Waals surface area contributed by atoms with Crippen molar-refractivity contribution >= 4 is 61.6 Å². The Labute approximate surface area is 194 Å². The van der Waals surface area contributed by atoms with E-state index >= 15 is 0 Å². The van der Waals surface area contributed by atoms with Gasteiger partial charge in [-0.3, -0.25) is 15.5 Å². The van der Waals surface area contributed by atoms with Crippen LogP contribution in [0.1, 0.15) is 21.4 Å². The van der Waals surface area contributed by atoms with Gasteiger partial charge in [-0.1, -0.05) is 17.4 Å². The highest BCUT2D eigenvalue weighted by Crippen LogP contribution is 2.47. The van der Waals surface area contributed by atoms with Crippen LogP contribution in [0.15, 0.2) is 71.3 Å². The van der Waals surface area contributed by atoms with Gasteiger partial charge in [-0.05, 0) is 35.7 Å². The monoisotopic (exact) mass is 474 g/mol. The zero-order valence-electron chi connectivity index (χ0n) is 16.3. The number of hydrogen-bond donors (Lipinski definition) is 2. The quantitative estimate of drug-likeness (QED) is 0.383. The van der Waals surface area contributed by atoms with Crippen LogP contribution in [0.4, 0.5) is 5.00 Å². The van der Waals surface area contributed by atoms with Crippen LogP contribution in [0.2, 0.25) is 0 Å². The number of nitrogens with zero attached hydrogens (tertiary/aromatic N) is 6. The fourth-order valence-corrected chi connectivity index (χ4v) is 5.52. The Morgan fingerprint density at radius 1 is 0.812 bits per heavy atom. The molecule has 1 aliphatic heterocycles. The third-order valence-corrected chi connectivity index (χ3v) is 7.15. The van der Waals surface area contributed by atoms with Crippen LogP contribution in [-0.2, 0) is 0 Å². The Balaban J connectivity index is 1.73. The van der Waals surface area contributed by atoms with E-state index in [1.54, 1.807) is 40.6 Å². The lowest BCUT2D eigenvalue weighted by Crippen LogP contribution is -2.39. The van der Waals surface area contributed by atoms with E-state index in [0.717, 1.165) is 48.9 Å². The molecule has 5 aromatic rings. The van der Waals surface area contributed by atoms with E-state index in [4.69, 9.17) is 0 Å². The summed E-state index contributed by atoms with van der Waals surface area (Å²) < 4.78 is 0. The normalized spacial score (nSPS) is 14.2. The molecule has 0 bridgehead atoms. The third kappa shape index (κ3) is 3.23. The Morgan fingerprint density at radius 3 is 2.50 bits per heavy atom. The van der Waals surface area contributed by atoms with Crippen molar-refractivity contribution in [2.24, 2.45) is 0 Å². The summed E-state index contributed by atoms with van der Waals surface area (Å²) in [7, 11) is 0. The molecule has 0 atom stereocenters. The zero-order valence-corrected chi connectivity index (χ0v) is 18.8. The second kappa shape index (κ2) is 8.11. The maximum absolute atomic E-state index is 4.65. The first-order chi connectivity index (χ1) is 15.9. The molecule has 0 aliphatic carbocycles. The van der Waals surface area contributed by atoms with Crippen LogP contribution in [0.25, 0.3) is 22.5 Å². The molecular formula is C21H14N8S3. The highest BCUT2D eigenvalue weighted by molar-refractivity contribution is 7.14. The fourth-order valence-electron chi connectivity index (χ4n) is 3.53. The molecule has 0 aromatic carbocycles. The van der Waals surface area contributed by atoms with E-state index in [9.17, 15) is 0 Å². The number of pyridine rings is 1. The molecule has 1 aliphatic rings. The largest absolute Gasteiger partial charge is 0.290 e. The molecule has 0 amide bonds. The smallest absolute Gasteiger partial charge is 0.150 e. The summed E-state index contributed by atoms with van der Waals surface area (Å²) in [5.74, 6) is 0. The predicted molar refractivity (Wildman–Crippen MR) is 128 cm³/mol. The van der Waals surface area contributed by atoms with Gasteiger partial charge in [0.05, 0.1) is 22.7 Å². The molecular weight excluding hydrogens is 460 g/mol. The fraction of sp³-hybridized carbons (Fsp3) is 0. The van der Waals surface area contributed by atoms with Crippen molar-refractivity contribution in [1.29, 1.82) is 0 Å². The van der Waals surface area contributed by atoms with Crippen molar-refractivity contribution in [1.82, 2.24) is 35.8 Å². The Bertz CT molecular complexity index is 1370. The molecule has 0 unspecified atom stereocenters. The van der Waals surface area contributed by atoms with Gasteiger partial charge in [-0.15, -0.1) is 32.9 Å². The number of allylic oxidation sites excluding steroid dienone is 2. The van der Waals surface area contributed by atoms with Gasteiger partial charge in [0, 0.05) is 29.5 Å². The van der Waals surface area contributed by atoms with Gasteiger partial charge in [-0.2, -0.15) is 5.10 Å². The van der Waals surface area contributed by atoms with Crippen molar-refractivity contribution in [3.8, 4) is 0 Å². The van der Waals surface area contributed by atoms with Gasteiger partial charge in [0.1, 0.15) is 21.2 Å². The lowest BCUT2D eigenvalue weighted by molar-refractivity contribution is 0.907. The van der Waals surface area contributed by atoms with Crippen LogP contribution in [0.5, 0.6) is 0 Å². The van der Waals surface area contributed by atoms with E-state index in [1.807, 2.05) is 41.9 Å².